The van der Waals surface area contributed by atoms with Gasteiger partial charge in [0.05, 0.1) is 12.8 Å². The molecule has 3 atom stereocenters. The largest absolute Gasteiger partial charge is 0.481 e. The monoisotopic (exact) mass is 475 g/mol. The van der Waals surface area contributed by atoms with Crippen molar-refractivity contribution in [2.75, 3.05) is 6.54 Å². The Morgan fingerprint density at radius 1 is 1.18 bits per heavy atom. The van der Waals surface area contributed by atoms with Crippen molar-refractivity contribution < 1.29 is 34.2 Å². The first-order valence-electron chi connectivity index (χ1n) is 10.7. The summed E-state index contributed by atoms with van der Waals surface area (Å²) in [5.74, 6) is -5.10. The SMILES string of the molecule is CC(C)[C@H](NC(=O)[C@@H](CC(=O)O)N1CC[C@H](NC(=O)Cc2ccc(C(=N)N)cc2)C1=O)C(=O)O. The molecule has 3 amide bonds. The summed E-state index contributed by atoms with van der Waals surface area (Å²) in [7, 11) is 0. The fraction of sp³-hybridized carbons (Fsp3) is 0.455. The summed E-state index contributed by atoms with van der Waals surface area (Å²) in [5, 5.41) is 30.8. The van der Waals surface area contributed by atoms with Crippen LogP contribution in [0.25, 0.3) is 0 Å². The lowest BCUT2D eigenvalue weighted by atomic mass is 10.0. The van der Waals surface area contributed by atoms with Gasteiger partial charge in [0.1, 0.15) is 24.0 Å². The second kappa shape index (κ2) is 11.3. The number of nitrogens with zero attached hydrogens (tertiary/aromatic N) is 1. The zero-order valence-corrected chi connectivity index (χ0v) is 18.9. The van der Waals surface area contributed by atoms with Crippen LogP contribution in [0.5, 0.6) is 0 Å². The molecule has 1 aliphatic rings. The third-order valence-electron chi connectivity index (χ3n) is 5.48. The molecule has 0 radical (unpaired) electrons. The first-order valence-corrected chi connectivity index (χ1v) is 10.7. The first-order chi connectivity index (χ1) is 15.9. The van der Waals surface area contributed by atoms with Crippen LogP contribution in [0.3, 0.4) is 0 Å². The van der Waals surface area contributed by atoms with E-state index in [-0.39, 0.29) is 25.2 Å². The number of amides is 3. The number of rotatable bonds is 11. The number of benzene rings is 1. The van der Waals surface area contributed by atoms with E-state index >= 15 is 0 Å². The number of carbonyl (C=O) groups is 5. The Bertz CT molecular complexity index is 976. The molecule has 0 saturated carbocycles. The number of nitrogens with two attached hydrogens (primary N) is 1. The number of carbonyl (C=O) groups excluding carboxylic acids is 3. The van der Waals surface area contributed by atoms with Gasteiger partial charge in [0.25, 0.3) is 0 Å². The van der Waals surface area contributed by atoms with Crippen molar-refractivity contribution in [1.29, 1.82) is 5.41 Å². The normalized spacial score (nSPS) is 17.2. The molecule has 0 aliphatic carbocycles. The van der Waals surface area contributed by atoms with E-state index in [4.69, 9.17) is 11.1 Å². The van der Waals surface area contributed by atoms with Crippen LogP contribution < -0.4 is 16.4 Å². The highest BCUT2D eigenvalue weighted by molar-refractivity contribution is 5.97. The van der Waals surface area contributed by atoms with Crippen molar-refractivity contribution in [2.45, 2.75) is 51.2 Å². The van der Waals surface area contributed by atoms with Crippen molar-refractivity contribution in [3.63, 3.8) is 0 Å². The fourth-order valence-corrected chi connectivity index (χ4v) is 3.65. The number of carboxylic acid groups (broad SMARTS) is 2. The maximum atomic E-state index is 12.9. The van der Waals surface area contributed by atoms with Gasteiger partial charge in [-0.15, -0.1) is 0 Å². The Kier molecular flexibility index (Phi) is 8.70. The molecule has 1 saturated heterocycles. The summed E-state index contributed by atoms with van der Waals surface area (Å²) in [6.45, 7) is 3.21. The van der Waals surface area contributed by atoms with Gasteiger partial charge in [-0.05, 0) is 17.9 Å². The van der Waals surface area contributed by atoms with Gasteiger partial charge in [0.2, 0.25) is 17.7 Å². The quantitative estimate of drug-likeness (QED) is 0.178. The summed E-state index contributed by atoms with van der Waals surface area (Å²) in [6, 6.07) is 2.89. The molecule has 0 spiro atoms. The summed E-state index contributed by atoms with van der Waals surface area (Å²) in [4.78, 5) is 61.8. The Balaban J connectivity index is 2.06. The molecule has 0 unspecified atom stereocenters. The molecule has 1 aromatic rings. The van der Waals surface area contributed by atoms with E-state index in [1.165, 1.54) is 0 Å². The van der Waals surface area contributed by atoms with Crippen LogP contribution >= 0.6 is 0 Å². The van der Waals surface area contributed by atoms with Gasteiger partial charge in [-0.2, -0.15) is 0 Å². The topological polar surface area (TPSA) is 203 Å². The number of likely N-dealkylation sites (tertiary alicyclic amines) is 1. The van der Waals surface area contributed by atoms with Crippen LogP contribution in [-0.4, -0.2) is 75.3 Å². The molecular weight excluding hydrogens is 446 g/mol. The minimum absolute atomic E-state index is 0.0296. The van der Waals surface area contributed by atoms with Crippen LogP contribution in [0.1, 0.15) is 37.8 Å². The van der Waals surface area contributed by atoms with Gasteiger partial charge < -0.3 is 31.5 Å². The highest BCUT2D eigenvalue weighted by Gasteiger charge is 2.41. The number of hydrogen-bond donors (Lipinski definition) is 6. The fourth-order valence-electron chi connectivity index (χ4n) is 3.65. The number of amidine groups is 1. The molecule has 184 valence electrons. The molecule has 2 rings (SSSR count). The Morgan fingerprint density at radius 2 is 1.79 bits per heavy atom. The van der Waals surface area contributed by atoms with Gasteiger partial charge >= 0.3 is 11.9 Å². The summed E-state index contributed by atoms with van der Waals surface area (Å²) in [6.07, 6.45) is -0.565. The standard InChI is InChI=1S/C22H29N5O7/c1-11(2)18(22(33)34)26-20(31)15(10-17(29)30)27-8-7-14(21(27)32)25-16(28)9-12-3-5-13(6-4-12)19(23)24/h3-6,11,14-15,18H,7-10H2,1-2H3,(H3,23,24)(H,25,28)(H,26,31)(H,29,30)(H,33,34)/t14-,15+,18-/m0/s1. The zero-order chi connectivity index (χ0) is 25.6. The van der Waals surface area contributed by atoms with Gasteiger partial charge in [-0.25, -0.2) is 4.79 Å². The van der Waals surface area contributed by atoms with Gasteiger partial charge in [-0.3, -0.25) is 24.6 Å². The van der Waals surface area contributed by atoms with Crippen molar-refractivity contribution in [3.05, 3.63) is 35.4 Å². The average Bonchev–Trinajstić information content (AvgIpc) is 3.09. The lowest BCUT2D eigenvalue weighted by Gasteiger charge is -2.28. The van der Waals surface area contributed by atoms with Gasteiger partial charge in [-0.1, -0.05) is 38.1 Å². The molecule has 12 nitrogen and oxygen atoms in total. The summed E-state index contributed by atoms with van der Waals surface area (Å²) >= 11 is 0. The predicted molar refractivity (Wildman–Crippen MR) is 120 cm³/mol. The number of hydrogen-bond acceptors (Lipinski definition) is 6. The van der Waals surface area contributed by atoms with Crippen LogP contribution in [0, 0.1) is 11.3 Å². The second-order valence-electron chi connectivity index (χ2n) is 8.41. The smallest absolute Gasteiger partial charge is 0.326 e. The van der Waals surface area contributed by atoms with Gasteiger partial charge in [0.15, 0.2) is 0 Å². The average molecular weight is 476 g/mol. The molecule has 1 heterocycles. The molecule has 1 aliphatic heterocycles. The van der Waals surface area contributed by atoms with E-state index in [1.54, 1.807) is 38.1 Å². The molecule has 0 bridgehead atoms. The molecule has 0 aromatic heterocycles. The lowest BCUT2D eigenvalue weighted by molar-refractivity contribution is -0.148. The van der Waals surface area contributed by atoms with E-state index < -0.39 is 60.1 Å². The number of aliphatic carboxylic acids is 2. The molecule has 34 heavy (non-hydrogen) atoms. The highest BCUT2D eigenvalue weighted by atomic mass is 16.4. The Morgan fingerprint density at radius 3 is 2.29 bits per heavy atom. The molecular formula is C22H29N5O7. The minimum atomic E-state index is -1.41. The van der Waals surface area contributed by atoms with Crippen molar-refractivity contribution in [3.8, 4) is 0 Å². The van der Waals surface area contributed by atoms with Crippen LogP contribution in [-0.2, 0) is 30.4 Å². The van der Waals surface area contributed by atoms with Crippen molar-refractivity contribution in [2.24, 2.45) is 11.7 Å². The molecule has 1 fully saturated rings. The number of nitrogen functional groups attached to an aromatic ring is 1. The van der Waals surface area contributed by atoms with Crippen molar-refractivity contribution >= 4 is 35.5 Å². The number of nitrogens with one attached hydrogen (secondary N) is 3. The Hall–Kier alpha value is -3.96. The molecule has 12 heteroatoms. The van der Waals surface area contributed by atoms with Crippen LogP contribution in [0.4, 0.5) is 0 Å². The maximum Gasteiger partial charge on any atom is 0.326 e. The van der Waals surface area contributed by atoms with Crippen molar-refractivity contribution in [1.82, 2.24) is 15.5 Å². The van der Waals surface area contributed by atoms with Crippen LogP contribution in [0.15, 0.2) is 24.3 Å². The molecule has 7 N–H and O–H groups in total. The third-order valence-corrected chi connectivity index (χ3v) is 5.48. The molecule has 1 aromatic carbocycles. The van der Waals surface area contributed by atoms with E-state index in [1.807, 2.05) is 0 Å². The summed E-state index contributed by atoms with van der Waals surface area (Å²) < 4.78 is 0. The second-order valence-corrected chi connectivity index (χ2v) is 8.41. The van der Waals surface area contributed by atoms with E-state index in [9.17, 15) is 34.2 Å². The number of carboxylic acids is 2. The highest BCUT2D eigenvalue weighted by Crippen LogP contribution is 2.18. The van der Waals surface area contributed by atoms with Gasteiger partial charge in [0, 0.05) is 12.1 Å². The first kappa shape index (κ1) is 26.3. The van der Waals surface area contributed by atoms with E-state index in [2.05, 4.69) is 10.6 Å². The predicted octanol–water partition coefficient (Wildman–Crippen LogP) is -0.701. The summed E-state index contributed by atoms with van der Waals surface area (Å²) in [5.41, 5.74) is 6.55. The maximum absolute atomic E-state index is 12.9. The Labute approximate surface area is 196 Å². The zero-order valence-electron chi connectivity index (χ0n) is 18.9. The third kappa shape index (κ3) is 6.77. The lowest BCUT2D eigenvalue weighted by Crippen LogP contribution is -2.55. The van der Waals surface area contributed by atoms with E-state index in [0.717, 1.165) is 4.90 Å². The van der Waals surface area contributed by atoms with E-state index in [0.29, 0.717) is 11.1 Å². The minimum Gasteiger partial charge on any atom is -0.481 e. The van der Waals surface area contributed by atoms with Crippen LogP contribution in [0.2, 0.25) is 0 Å².